The number of carbonyl (C=O) groups is 1. The molecule has 112 valence electrons. The smallest absolute Gasteiger partial charge is 0.241 e. The Hall–Kier alpha value is -2.14. The Balaban J connectivity index is 1.88. The van der Waals surface area contributed by atoms with Crippen molar-refractivity contribution in [1.29, 1.82) is 0 Å². The Morgan fingerprint density at radius 2 is 1.95 bits per heavy atom. The fourth-order valence-corrected chi connectivity index (χ4v) is 2.20. The lowest BCUT2D eigenvalue weighted by molar-refractivity contribution is -0.122. The monoisotopic (exact) mass is 287 g/mol. The molecule has 0 aliphatic carbocycles. The Bertz CT molecular complexity index is 597. The van der Waals surface area contributed by atoms with Crippen LogP contribution in [0.4, 0.5) is 0 Å². The number of hydrogen-bond donors (Lipinski definition) is 2. The lowest BCUT2D eigenvalue weighted by atomic mass is 10.1. The number of benzene rings is 1. The zero-order valence-electron chi connectivity index (χ0n) is 12.6. The average Bonchev–Trinajstić information content (AvgIpc) is 2.79. The van der Waals surface area contributed by atoms with E-state index in [0.717, 1.165) is 28.1 Å². The number of hydrogen-bond acceptors (Lipinski definition) is 4. The standard InChI is InChI=1S/C16H21N3O2/c1-10-4-6-13(7-5-10)15(17)16(20)18-9-8-14-11(2)19-21-12(14)3/h4-7,15H,8-9,17H2,1-3H3,(H,18,20). The van der Waals surface area contributed by atoms with Crippen LogP contribution in [0, 0.1) is 20.8 Å². The van der Waals surface area contributed by atoms with Gasteiger partial charge in [0.2, 0.25) is 5.91 Å². The maximum Gasteiger partial charge on any atom is 0.241 e. The molecule has 0 bridgehead atoms. The molecule has 21 heavy (non-hydrogen) atoms. The number of rotatable bonds is 5. The van der Waals surface area contributed by atoms with Crippen molar-refractivity contribution in [3.05, 3.63) is 52.4 Å². The van der Waals surface area contributed by atoms with Gasteiger partial charge in [0.15, 0.2) is 0 Å². The van der Waals surface area contributed by atoms with E-state index in [1.54, 1.807) is 0 Å². The van der Waals surface area contributed by atoms with E-state index in [0.29, 0.717) is 13.0 Å². The van der Waals surface area contributed by atoms with Crippen molar-refractivity contribution in [2.45, 2.75) is 33.2 Å². The Labute approximate surface area is 124 Å². The zero-order valence-corrected chi connectivity index (χ0v) is 12.6. The van der Waals surface area contributed by atoms with E-state index >= 15 is 0 Å². The number of nitrogens with two attached hydrogens (primary N) is 1. The van der Waals surface area contributed by atoms with Crippen molar-refractivity contribution < 1.29 is 9.32 Å². The molecule has 0 aliphatic heterocycles. The number of amides is 1. The first-order valence-corrected chi connectivity index (χ1v) is 7.00. The maximum atomic E-state index is 12.1. The van der Waals surface area contributed by atoms with Gasteiger partial charge in [0.05, 0.1) is 5.69 Å². The van der Waals surface area contributed by atoms with E-state index in [9.17, 15) is 4.79 Å². The van der Waals surface area contributed by atoms with Gasteiger partial charge in [-0.3, -0.25) is 4.79 Å². The number of aryl methyl sites for hydroxylation is 3. The van der Waals surface area contributed by atoms with E-state index in [1.165, 1.54) is 0 Å². The van der Waals surface area contributed by atoms with Crippen LogP contribution in [0.3, 0.4) is 0 Å². The molecule has 2 aromatic rings. The molecule has 0 spiro atoms. The summed E-state index contributed by atoms with van der Waals surface area (Å²) in [6, 6.07) is 7.02. The van der Waals surface area contributed by atoms with Crippen molar-refractivity contribution in [2.75, 3.05) is 6.54 Å². The zero-order chi connectivity index (χ0) is 15.4. The molecule has 1 heterocycles. The van der Waals surface area contributed by atoms with Crippen molar-refractivity contribution in [3.8, 4) is 0 Å². The third kappa shape index (κ3) is 3.70. The molecule has 0 saturated carbocycles. The molecule has 1 unspecified atom stereocenters. The summed E-state index contributed by atoms with van der Waals surface area (Å²) in [6.45, 7) is 6.28. The molecule has 1 aromatic heterocycles. The van der Waals surface area contributed by atoms with Gasteiger partial charge in [0.25, 0.3) is 0 Å². The number of carbonyl (C=O) groups excluding carboxylic acids is 1. The molecular formula is C16H21N3O2. The molecule has 0 saturated heterocycles. The minimum atomic E-state index is -0.643. The largest absolute Gasteiger partial charge is 0.361 e. The summed E-state index contributed by atoms with van der Waals surface area (Å²) >= 11 is 0. The lowest BCUT2D eigenvalue weighted by Gasteiger charge is -2.12. The molecule has 0 fully saturated rings. The van der Waals surface area contributed by atoms with Crippen LogP contribution in [-0.4, -0.2) is 17.6 Å². The summed E-state index contributed by atoms with van der Waals surface area (Å²) in [5, 5.41) is 6.75. The van der Waals surface area contributed by atoms with Crippen LogP contribution in [0.15, 0.2) is 28.8 Å². The number of nitrogens with one attached hydrogen (secondary N) is 1. The van der Waals surface area contributed by atoms with Crippen LogP contribution in [-0.2, 0) is 11.2 Å². The quantitative estimate of drug-likeness (QED) is 0.880. The average molecular weight is 287 g/mol. The van der Waals surface area contributed by atoms with Crippen LogP contribution in [0.1, 0.15) is 34.2 Å². The third-order valence-corrected chi connectivity index (χ3v) is 3.57. The van der Waals surface area contributed by atoms with Crippen LogP contribution in [0.5, 0.6) is 0 Å². The Morgan fingerprint density at radius 3 is 2.52 bits per heavy atom. The molecule has 0 aliphatic rings. The second-order valence-electron chi connectivity index (χ2n) is 5.23. The fraction of sp³-hybridized carbons (Fsp3) is 0.375. The minimum Gasteiger partial charge on any atom is -0.361 e. The first kappa shape index (κ1) is 15.3. The molecule has 1 aromatic carbocycles. The number of nitrogens with zero attached hydrogens (tertiary/aromatic N) is 1. The van der Waals surface area contributed by atoms with Gasteiger partial charge < -0.3 is 15.6 Å². The molecule has 3 N–H and O–H groups in total. The van der Waals surface area contributed by atoms with Gasteiger partial charge >= 0.3 is 0 Å². The predicted octanol–water partition coefficient (Wildman–Crippen LogP) is 1.96. The predicted molar refractivity (Wildman–Crippen MR) is 80.8 cm³/mol. The molecule has 1 amide bonds. The van der Waals surface area contributed by atoms with E-state index in [2.05, 4.69) is 10.5 Å². The maximum absolute atomic E-state index is 12.1. The fourth-order valence-electron chi connectivity index (χ4n) is 2.20. The van der Waals surface area contributed by atoms with Gasteiger partial charge in [-0.15, -0.1) is 0 Å². The second kappa shape index (κ2) is 6.54. The van der Waals surface area contributed by atoms with Gasteiger partial charge in [-0.05, 0) is 32.8 Å². The van der Waals surface area contributed by atoms with E-state index < -0.39 is 6.04 Å². The molecule has 5 nitrogen and oxygen atoms in total. The highest BCUT2D eigenvalue weighted by atomic mass is 16.5. The first-order valence-electron chi connectivity index (χ1n) is 7.00. The SMILES string of the molecule is Cc1ccc(C(N)C(=O)NCCc2c(C)noc2C)cc1. The minimum absolute atomic E-state index is 0.175. The third-order valence-electron chi connectivity index (χ3n) is 3.57. The lowest BCUT2D eigenvalue weighted by Crippen LogP contribution is -2.35. The van der Waals surface area contributed by atoms with Crippen LogP contribution < -0.4 is 11.1 Å². The highest BCUT2D eigenvalue weighted by Gasteiger charge is 2.16. The molecule has 0 radical (unpaired) electrons. The molecule has 1 atom stereocenters. The van der Waals surface area contributed by atoms with Gasteiger partial charge in [0.1, 0.15) is 11.8 Å². The summed E-state index contributed by atoms with van der Waals surface area (Å²) < 4.78 is 5.09. The summed E-state index contributed by atoms with van der Waals surface area (Å²) in [6.07, 6.45) is 0.688. The van der Waals surface area contributed by atoms with Gasteiger partial charge in [0, 0.05) is 12.1 Å². The van der Waals surface area contributed by atoms with Crippen LogP contribution in [0.25, 0.3) is 0 Å². The second-order valence-corrected chi connectivity index (χ2v) is 5.23. The van der Waals surface area contributed by atoms with Crippen molar-refractivity contribution in [2.24, 2.45) is 5.73 Å². The van der Waals surface area contributed by atoms with Crippen LogP contribution in [0.2, 0.25) is 0 Å². The van der Waals surface area contributed by atoms with E-state index in [-0.39, 0.29) is 5.91 Å². The van der Waals surface area contributed by atoms with Crippen molar-refractivity contribution >= 4 is 5.91 Å². The van der Waals surface area contributed by atoms with E-state index in [1.807, 2.05) is 45.0 Å². The van der Waals surface area contributed by atoms with Crippen LogP contribution >= 0.6 is 0 Å². The molecule has 5 heteroatoms. The highest BCUT2D eigenvalue weighted by Crippen LogP contribution is 2.13. The molecular weight excluding hydrogens is 266 g/mol. The van der Waals surface area contributed by atoms with Crippen molar-refractivity contribution in [1.82, 2.24) is 10.5 Å². The van der Waals surface area contributed by atoms with Gasteiger partial charge in [-0.25, -0.2) is 0 Å². The normalized spacial score (nSPS) is 12.2. The summed E-state index contributed by atoms with van der Waals surface area (Å²) in [7, 11) is 0. The summed E-state index contributed by atoms with van der Waals surface area (Å²) in [5.74, 6) is 0.621. The van der Waals surface area contributed by atoms with E-state index in [4.69, 9.17) is 10.3 Å². The van der Waals surface area contributed by atoms with Gasteiger partial charge in [-0.2, -0.15) is 0 Å². The highest BCUT2D eigenvalue weighted by molar-refractivity contribution is 5.82. The first-order chi connectivity index (χ1) is 9.99. The van der Waals surface area contributed by atoms with Crippen molar-refractivity contribution in [3.63, 3.8) is 0 Å². The molecule has 2 rings (SSSR count). The summed E-state index contributed by atoms with van der Waals surface area (Å²) in [4.78, 5) is 12.1. The topological polar surface area (TPSA) is 81.2 Å². The number of aromatic nitrogens is 1. The summed E-state index contributed by atoms with van der Waals surface area (Å²) in [5.41, 5.74) is 9.83. The Kier molecular flexibility index (Phi) is 4.75. The van der Waals surface area contributed by atoms with Gasteiger partial charge in [-0.1, -0.05) is 35.0 Å². The Morgan fingerprint density at radius 1 is 1.29 bits per heavy atom.